The molecule has 0 aliphatic carbocycles. The molecule has 226 valence electrons. The number of piperidine rings is 1. The van der Waals surface area contributed by atoms with Crippen molar-refractivity contribution in [3.8, 4) is 11.5 Å². The van der Waals surface area contributed by atoms with E-state index in [1.165, 1.54) is 10.5 Å². The Balaban J connectivity index is 1.46. The summed E-state index contributed by atoms with van der Waals surface area (Å²) in [5.41, 5.74) is 2.86. The van der Waals surface area contributed by atoms with Gasteiger partial charge >= 0.3 is 6.09 Å². The molecule has 0 bridgehead atoms. The Morgan fingerprint density at radius 3 is 2.63 bits per heavy atom. The Hall–Kier alpha value is -3.01. The van der Waals surface area contributed by atoms with Gasteiger partial charge in [0.1, 0.15) is 23.7 Å². The van der Waals surface area contributed by atoms with Gasteiger partial charge in [0.2, 0.25) is 0 Å². The van der Waals surface area contributed by atoms with Gasteiger partial charge < -0.3 is 38.8 Å². The lowest BCUT2D eigenvalue weighted by Crippen LogP contribution is -2.50. The SMILES string of the molecule is COCCCN1CCOc2ccc(CO[C@H]3CNC(CC(C)(C)OC(=O)N(C)C)CC3c3ccc(OC)cc3)cc21. The summed E-state index contributed by atoms with van der Waals surface area (Å²) in [5, 5.41) is 3.68. The minimum Gasteiger partial charge on any atom is -0.497 e. The van der Waals surface area contributed by atoms with Crippen LogP contribution in [0.4, 0.5) is 10.5 Å². The van der Waals surface area contributed by atoms with Crippen LogP contribution in [0.15, 0.2) is 42.5 Å². The maximum Gasteiger partial charge on any atom is 0.409 e. The molecule has 1 N–H and O–H groups in total. The zero-order chi connectivity index (χ0) is 29.4. The first kappa shape index (κ1) is 30.9. The number of hydrogen-bond acceptors (Lipinski definition) is 8. The number of amides is 1. The Morgan fingerprint density at radius 1 is 1.15 bits per heavy atom. The number of anilines is 1. The predicted octanol–water partition coefficient (Wildman–Crippen LogP) is 4.83. The summed E-state index contributed by atoms with van der Waals surface area (Å²) in [5.74, 6) is 1.94. The van der Waals surface area contributed by atoms with Gasteiger partial charge in [-0.3, -0.25) is 0 Å². The van der Waals surface area contributed by atoms with Crippen molar-refractivity contribution in [2.45, 2.75) is 63.4 Å². The third kappa shape index (κ3) is 8.50. The average molecular weight is 570 g/mol. The van der Waals surface area contributed by atoms with E-state index in [4.69, 9.17) is 23.7 Å². The van der Waals surface area contributed by atoms with E-state index in [0.29, 0.717) is 26.2 Å². The van der Waals surface area contributed by atoms with E-state index in [0.717, 1.165) is 55.3 Å². The fourth-order valence-corrected chi connectivity index (χ4v) is 5.71. The van der Waals surface area contributed by atoms with Gasteiger partial charge in [-0.05, 0) is 62.1 Å². The Morgan fingerprint density at radius 2 is 1.93 bits per heavy atom. The first-order valence-corrected chi connectivity index (χ1v) is 14.6. The molecular weight excluding hydrogens is 522 g/mol. The number of carbonyl (C=O) groups is 1. The van der Waals surface area contributed by atoms with Crippen LogP contribution in [0.3, 0.4) is 0 Å². The molecule has 1 saturated heterocycles. The van der Waals surface area contributed by atoms with Crippen LogP contribution in [-0.4, -0.2) is 89.9 Å². The molecular formula is C32H47N3O6. The average Bonchev–Trinajstić information content (AvgIpc) is 2.96. The molecule has 0 saturated carbocycles. The lowest BCUT2D eigenvalue weighted by atomic mass is 9.81. The van der Waals surface area contributed by atoms with E-state index in [2.05, 4.69) is 40.5 Å². The van der Waals surface area contributed by atoms with Crippen LogP contribution < -0.4 is 19.7 Å². The molecule has 1 fully saturated rings. The molecule has 2 unspecified atom stereocenters. The number of fused-ring (bicyclic) bond motifs is 1. The Bertz CT molecular complexity index is 1120. The van der Waals surface area contributed by atoms with Crippen molar-refractivity contribution in [2.75, 3.05) is 66.1 Å². The van der Waals surface area contributed by atoms with E-state index in [9.17, 15) is 4.79 Å². The van der Waals surface area contributed by atoms with E-state index < -0.39 is 5.60 Å². The smallest absolute Gasteiger partial charge is 0.409 e. The normalized spacial score (nSPS) is 20.6. The van der Waals surface area contributed by atoms with Crippen molar-refractivity contribution < 1.29 is 28.5 Å². The van der Waals surface area contributed by atoms with Gasteiger partial charge in [0.15, 0.2) is 0 Å². The van der Waals surface area contributed by atoms with Crippen molar-refractivity contribution in [2.24, 2.45) is 0 Å². The highest BCUT2D eigenvalue weighted by Gasteiger charge is 2.36. The van der Waals surface area contributed by atoms with Gasteiger partial charge in [-0.1, -0.05) is 18.2 Å². The molecule has 0 aromatic heterocycles. The summed E-state index contributed by atoms with van der Waals surface area (Å²) >= 11 is 0. The van der Waals surface area contributed by atoms with Crippen LogP contribution in [-0.2, 0) is 20.8 Å². The van der Waals surface area contributed by atoms with Crippen LogP contribution in [0.25, 0.3) is 0 Å². The van der Waals surface area contributed by atoms with Crippen LogP contribution in [0.2, 0.25) is 0 Å². The lowest BCUT2D eigenvalue weighted by molar-refractivity contribution is -0.0179. The van der Waals surface area contributed by atoms with Crippen molar-refractivity contribution in [1.29, 1.82) is 0 Å². The van der Waals surface area contributed by atoms with Crippen LogP contribution >= 0.6 is 0 Å². The zero-order valence-electron chi connectivity index (χ0n) is 25.5. The fourth-order valence-electron chi connectivity index (χ4n) is 5.71. The number of nitrogens with zero attached hydrogens (tertiary/aromatic N) is 2. The quantitative estimate of drug-likeness (QED) is 0.364. The Kier molecular flexibility index (Phi) is 10.8. The van der Waals surface area contributed by atoms with E-state index in [-0.39, 0.29) is 24.2 Å². The minimum absolute atomic E-state index is 0.0165. The van der Waals surface area contributed by atoms with E-state index in [1.807, 2.05) is 26.0 Å². The third-order valence-corrected chi connectivity index (χ3v) is 7.83. The predicted molar refractivity (Wildman–Crippen MR) is 160 cm³/mol. The standard InChI is InChI=1S/C32H47N3O6/c1-32(2,41-31(36)34(3)4)20-25-19-27(24-9-11-26(38-6)12-10-24)30(21-33-25)40-22-23-8-13-29-28(18-23)35(15-17-39-29)14-7-16-37-5/h8-13,18,25,27,30,33H,7,14-17,19-22H2,1-6H3/t25?,27?,30-/m0/s1. The first-order valence-electron chi connectivity index (χ1n) is 14.6. The first-order chi connectivity index (χ1) is 19.7. The molecule has 2 aliphatic heterocycles. The summed E-state index contributed by atoms with van der Waals surface area (Å²) in [7, 11) is 6.83. The summed E-state index contributed by atoms with van der Waals surface area (Å²) < 4.78 is 29.0. The summed E-state index contributed by atoms with van der Waals surface area (Å²) in [6.45, 7) is 8.40. The van der Waals surface area contributed by atoms with Crippen molar-refractivity contribution in [1.82, 2.24) is 10.2 Å². The molecule has 2 heterocycles. The summed E-state index contributed by atoms with van der Waals surface area (Å²) in [6.07, 6.45) is 2.20. The maximum atomic E-state index is 12.2. The van der Waals surface area contributed by atoms with Gasteiger partial charge in [0, 0.05) is 59.3 Å². The molecule has 4 rings (SSSR count). The molecule has 9 nitrogen and oxygen atoms in total. The molecule has 2 aromatic rings. The van der Waals surface area contributed by atoms with Gasteiger partial charge in [-0.25, -0.2) is 4.79 Å². The van der Waals surface area contributed by atoms with Gasteiger partial charge in [-0.2, -0.15) is 0 Å². The highest BCUT2D eigenvalue weighted by atomic mass is 16.6. The number of ether oxygens (including phenoxy) is 5. The van der Waals surface area contributed by atoms with Crippen LogP contribution in [0.5, 0.6) is 11.5 Å². The summed E-state index contributed by atoms with van der Waals surface area (Å²) in [4.78, 5) is 16.1. The largest absolute Gasteiger partial charge is 0.497 e. The van der Waals surface area contributed by atoms with Crippen LogP contribution in [0.1, 0.15) is 50.2 Å². The number of rotatable bonds is 12. The molecule has 0 radical (unpaired) electrons. The number of carbonyl (C=O) groups excluding carboxylic acids is 1. The lowest BCUT2D eigenvalue weighted by Gasteiger charge is -2.40. The van der Waals surface area contributed by atoms with E-state index in [1.54, 1.807) is 28.3 Å². The number of benzene rings is 2. The molecule has 2 aliphatic rings. The molecule has 1 amide bonds. The molecule has 2 aromatic carbocycles. The summed E-state index contributed by atoms with van der Waals surface area (Å²) in [6, 6.07) is 14.8. The topological polar surface area (TPSA) is 81.7 Å². The number of nitrogens with one attached hydrogen (secondary N) is 1. The highest BCUT2D eigenvalue weighted by molar-refractivity contribution is 5.67. The van der Waals surface area contributed by atoms with Crippen molar-refractivity contribution in [3.05, 3.63) is 53.6 Å². The van der Waals surface area contributed by atoms with Crippen LogP contribution in [0, 0.1) is 0 Å². The number of hydrogen-bond donors (Lipinski definition) is 1. The second-order valence-corrected chi connectivity index (χ2v) is 11.8. The molecule has 9 heteroatoms. The monoisotopic (exact) mass is 569 g/mol. The van der Waals surface area contributed by atoms with Gasteiger partial charge in [0.05, 0.1) is 32.1 Å². The van der Waals surface area contributed by atoms with Gasteiger partial charge in [-0.15, -0.1) is 0 Å². The van der Waals surface area contributed by atoms with E-state index >= 15 is 0 Å². The van der Waals surface area contributed by atoms with Crippen molar-refractivity contribution in [3.63, 3.8) is 0 Å². The molecule has 41 heavy (non-hydrogen) atoms. The highest BCUT2D eigenvalue weighted by Crippen LogP contribution is 2.36. The Labute approximate surface area is 245 Å². The molecule has 0 spiro atoms. The zero-order valence-corrected chi connectivity index (χ0v) is 25.5. The maximum absolute atomic E-state index is 12.2. The minimum atomic E-state index is -0.600. The third-order valence-electron chi connectivity index (χ3n) is 7.83. The van der Waals surface area contributed by atoms with Crippen molar-refractivity contribution >= 4 is 11.8 Å². The second-order valence-electron chi connectivity index (χ2n) is 11.8. The molecule has 3 atom stereocenters. The fraction of sp³-hybridized carbons (Fsp3) is 0.594. The number of methoxy groups -OCH3 is 2. The van der Waals surface area contributed by atoms with Gasteiger partial charge in [0.25, 0.3) is 0 Å². The second kappa shape index (κ2) is 14.2.